The van der Waals surface area contributed by atoms with E-state index in [-0.39, 0.29) is 11.8 Å². The Kier molecular flexibility index (Phi) is 4.36. The molecule has 4 nitrogen and oxygen atoms in total. The summed E-state index contributed by atoms with van der Waals surface area (Å²) in [5, 5.41) is 12.6. The third-order valence-electron chi connectivity index (χ3n) is 2.07. The molecule has 0 aromatic carbocycles. The van der Waals surface area contributed by atoms with E-state index < -0.39 is 6.10 Å². The van der Waals surface area contributed by atoms with Gasteiger partial charge in [-0.3, -0.25) is 0 Å². The molecule has 0 heterocycles. The fourth-order valence-corrected chi connectivity index (χ4v) is 0.991. The Morgan fingerprint density at radius 2 is 2.08 bits per heavy atom. The SMILES string of the molecule is C=C[C@@H](/C(N)=N\N)[C@H](C)[C@H](C)O. The minimum absolute atomic E-state index is 0.0187. The monoisotopic (exact) mass is 171 g/mol. The fraction of sp³-hybridized carbons (Fsp3) is 0.625. The van der Waals surface area contributed by atoms with Gasteiger partial charge in [-0.1, -0.05) is 13.0 Å². The number of hydrogen-bond acceptors (Lipinski definition) is 3. The first kappa shape index (κ1) is 11.0. The lowest BCUT2D eigenvalue weighted by Crippen LogP contribution is -2.33. The normalized spacial score (nSPS) is 19.8. The highest BCUT2D eigenvalue weighted by Crippen LogP contribution is 2.16. The van der Waals surface area contributed by atoms with Crippen LogP contribution >= 0.6 is 0 Å². The molecule has 3 atom stereocenters. The second-order valence-corrected chi connectivity index (χ2v) is 2.92. The third kappa shape index (κ3) is 2.54. The van der Waals surface area contributed by atoms with Crippen LogP contribution in [-0.2, 0) is 0 Å². The zero-order valence-corrected chi connectivity index (χ0v) is 7.57. The second-order valence-electron chi connectivity index (χ2n) is 2.92. The zero-order valence-electron chi connectivity index (χ0n) is 7.57. The van der Waals surface area contributed by atoms with E-state index in [1.807, 2.05) is 6.92 Å². The lowest BCUT2D eigenvalue weighted by molar-refractivity contribution is 0.125. The highest BCUT2D eigenvalue weighted by molar-refractivity contribution is 5.84. The van der Waals surface area contributed by atoms with Crippen LogP contribution in [0.3, 0.4) is 0 Å². The number of nitrogens with zero attached hydrogens (tertiary/aromatic N) is 1. The Balaban J connectivity index is 4.45. The minimum Gasteiger partial charge on any atom is -0.393 e. The fourth-order valence-electron chi connectivity index (χ4n) is 0.991. The van der Waals surface area contributed by atoms with Gasteiger partial charge >= 0.3 is 0 Å². The third-order valence-corrected chi connectivity index (χ3v) is 2.07. The Morgan fingerprint density at radius 1 is 1.58 bits per heavy atom. The molecule has 70 valence electrons. The van der Waals surface area contributed by atoms with Gasteiger partial charge in [0.15, 0.2) is 0 Å². The first-order valence-electron chi connectivity index (χ1n) is 3.88. The maximum absolute atomic E-state index is 9.27. The number of aliphatic hydroxyl groups is 1. The van der Waals surface area contributed by atoms with Gasteiger partial charge in [-0.05, 0) is 12.8 Å². The summed E-state index contributed by atoms with van der Waals surface area (Å²) < 4.78 is 0. The van der Waals surface area contributed by atoms with Crippen molar-refractivity contribution in [3.05, 3.63) is 12.7 Å². The Labute approximate surface area is 72.9 Å². The van der Waals surface area contributed by atoms with Crippen LogP contribution in [0.2, 0.25) is 0 Å². The first-order valence-corrected chi connectivity index (χ1v) is 3.88. The molecule has 0 saturated carbocycles. The van der Waals surface area contributed by atoms with Crippen LogP contribution in [0.15, 0.2) is 17.8 Å². The van der Waals surface area contributed by atoms with Gasteiger partial charge in [-0.25, -0.2) is 0 Å². The molecule has 0 aromatic heterocycles. The predicted molar refractivity (Wildman–Crippen MR) is 50.3 cm³/mol. The highest BCUT2D eigenvalue weighted by Gasteiger charge is 2.21. The van der Waals surface area contributed by atoms with E-state index in [0.29, 0.717) is 5.84 Å². The van der Waals surface area contributed by atoms with Gasteiger partial charge in [0.1, 0.15) is 5.84 Å². The summed E-state index contributed by atoms with van der Waals surface area (Å²) in [4.78, 5) is 0. The van der Waals surface area contributed by atoms with Crippen molar-refractivity contribution in [2.24, 2.45) is 28.5 Å². The van der Waals surface area contributed by atoms with E-state index in [4.69, 9.17) is 11.6 Å². The van der Waals surface area contributed by atoms with Crippen LogP contribution in [0.5, 0.6) is 0 Å². The summed E-state index contributed by atoms with van der Waals surface area (Å²) >= 11 is 0. The lowest BCUT2D eigenvalue weighted by Gasteiger charge is -2.21. The quantitative estimate of drug-likeness (QED) is 0.183. The molecule has 0 aromatic rings. The van der Waals surface area contributed by atoms with Gasteiger partial charge in [0.05, 0.1) is 6.10 Å². The number of hydrazone groups is 1. The van der Waals surface area contributed by atoms with Crippen molar-refractivity contribution < 1.29 is 5.11 Å². The van der Waals surface area contributed by atoms with Crippen LogP contribution in [0.1, 0.15) is 13.8 Å². The Bertz CT molecular complexity index is 177. The summed E-state index contributed by atoms with van der Waals surface area (Å²) in [6, 6.07) is 0. The maximum Gasteiger partial charge on any atom is 0.126 e. The van der Waals surface area contributed by atoms with E-state index in [1.165, 1.54) is 0 Å². The van der Waals surface area contributed by atoms with Crippen molar-refractivity contribution in [2.75, 3.05) is 0 Å². The van der Waals surface area contributed by atoms with Gasteiger partial charge in [-0.15, -0.1) is 6.58 Å². The number of rotatable bonds is 4. The Morgan fingerprint density at radius 3 is 2.33 bits per heavy atom. The van der Waals surface area contributed by atoms with E-state index >= 15 is 0 Å². The summed E-state index contributed by atoms with van der Waals surface area (Å²) in [6.07, 6.45) is 1.19. The van der Waals surface area contributed by atoms with Crippen LogP contribution < -0.4 is 11.6 Å². The molecular weight excluding hydrogens is 154 g/mol. The van der Waals surface area contributed by atoms with Gasteiger partial charge in [-0.2, -0.15) is 5.10 Å². The molecule has 0 fully saturated rings. The number of amidine groups is 1. The second kappa shape index (κ2) is 4.77. The topological polar surface area (TPSA) is 84.6 Å². The predicted octanol–water partition coefficient (Wildman–Crippen LogP) is 0.0364. The molecule has 0 radical (unpaired) electrons. The molecule has 5 N–H and O–H groups in total. The zero-order chi connectivity index (χ0) is 9.72. The molecule has 0 aliphatic carbocycles. The van der Waals surface area contributed by atoms with E-state index in [0.717, 1.165) is 0 Å². The molecular formula is C8H17N3O. The molecule has 4 heteroatoms. The largest absolute Gasteiger partial charge is 0.393 e. The van der Waals surface area contributed by atoms with Crippen LogP contribution in [0, 0.1) is 11.8 Å². The molecule has 0 aliphatic rings. The smallest absolute Gasteiger partial charge is 0.126 e. The van der Waals surface area contributed by atoms with E-state index in [2.05, 4.69) is 11.7 Å². The van der Waals surface area contributed by atoms with Crippen molar-refractivity contribution in [1.82, 2.24) is 0 Å². The van der Waals surface area contributed by atoms with E-state index in [9.17, 15) is 5.11 Å². The average molecular weight is 171 g/mol. The van der Waals surface area contributed by atoms with Crippen molar-refractivity contribution in [3.63, 3.8) is 0 Å². The van der Waals surface area contributed by atoms with Crippen molar-refractivity contribution in [2.45, 2.75) is 20.0 Å². The van der Waals surface area contributed by atoms with Crippen molar-refractivity contribution in [1.29, 1.82) is 0 Å². The molecule has 0 saturated heterocycles. The summed E-state index contributed by atoms with van der Waals surface area (Å²) in [5.74, 6) is 5.15. The average Bonchev–Trinajstić information content (AvgIpc) is 2.05. The molecule has 0 aliphatic heterocycles. The number of hydrogen-bond donors (Lipinski definition) is 3. The summed E-state index contributed by atoms with van der Waals surface area (Å²) in [6.45, 7) is 7.18. The Hall–Kier alpha value is -1.03. The standard InChI is InChI=1S/C8H17N3O/c1-4-7(8(9)11-10)5(2)6(3)12/h4-7,12H,1,10H2,2-3H3,(H2,9,11)/t5-,6+,7-/m1/s1. The highest BCUT2D eigenvalue weighted by atomic mass is 16.3. The minimum atomic E-state index is -0.451. The number of nitrogens with two attached hydrogens (primary N) is 2. The van der Waals surface area contributed by atoms with Crippen molar-refractivity contribution in [3.8, 4) is 0 Å². The molecule has 0 amide bonds. The van der Waals surface area contributed by atoms with Crippen LogP contribution in [0.4, 0.5) is 0 Å². The first-order chi connectivity index (χ1) is 5.54. The van der Waals surface area contributed by atoms with E-state index in [1.54, 1.807) is 13.0 Å². The summed E-state index contributed by atoms with van der Waals surface area (Å²) in [5.41, 5.74) is 5.51. The molecule has 12 heavy (non-hydrogen) atoms. The van der Waals surface area contributed by atoms with Crippen molar-refractivity contribution >= 4 is 5.84 Å². The lowest BCUT2D eigenvalue weighted by atomic mass is 9.89. The summed E-state index contributed by atoms with van der Waals surface area (Å²) in [7, 11) is 0. The molecule has 0 unspecified atom stereocenters. The van der Waals surface area contributed by atoms with Gasteiger partial charge in [0.2, 0.25) is 0 Å². The molecule has 0 rings (SSSR count). The maximum atomic E-state index is 9.27. The van der Waals surface area contributed by atoms with Crippen LogP contribution in [-0.4, -0.2) is 17.0 Å². The molecule has 0 bridgehead atoms. The van der Waals surface area contributed by atoms with Gasteiger partial charge in [0.25, 0.3) is 0 Å². The van der Waals surface area contributed by atoms with Gasteiger partial charge < -0.3 is 16.7 Å². The van der Waals surface area contributed by atoms with Crippen LogP contribution in [0.25, 0.3) is 0 Å². The van der Waals surface area contributed by atoms with Gasteiger partial charge in [0, 0.05) is 5.92 Å². The number of aliphatic hydroxyl groups excluding tert-OH is 1. The molecule has 0 spiro atoms.